The Hall–Kier alpha value is -2.88. The summed E-state index contributed by atoms with van der Waals surface area (Å²) < 4.78 is 5.19. The molecule has 7 heteroatoms. The van der Waals surface area contributed by atoms with Crippen molar-refractivity contribution in [3.63, 3.8) is 0 Å². The summed E-state index contributed by atoms with van der Waals surface area (Å²) in [5.74, 6) is -0.993. The Balaban J connectivity index is 2.12. The van der Waals surface area contributed by atoms with Gasteiger partial charge in [-0.05, 0) is 39.8 Å². The molecule has 7 nitrogen and oxygen atoms in total. The minimum Gasteiger partial charge on any atom is -0.460 e. The molecule has 0 aliphatic carbocycles. The Morgan fingerprint density at radius 2 is 1.96 bits per heavy atom. The smallest absolute Gasteiger partial charge is 0.308 e. The molecule has 1 amide bonds. The summed E-state index contributed by atoms with van der Waals surface area (Å²) in [4.78, 5) is 31.6. The number of aromatic amines is 1. The lowest BCUT2D eigenvalue weighted by molar-refractivity contribution is -0.158. The van der Waals surface area contributed by atoms with Gasteiger partial charge in [0, 0.05) is 0 Å². The predicted octanol–water partition coefficient (Wildman–Crippen LogP) is 2.76. The number of H-pyrrole nitrogens is 1. The molecule has 1 aromatic carbocycles. The quantitative estimate of drug-likeness (QED) is 0.839. The number of imidazole rings is 1. The molecule has 2 N–H and O–H groups in total. The lowest BCUT2D eigenvalue weighted by Gasteiger charge is -2.23. The standard InChI is InChI=1S/C17H20N4O3/c1-16(2,3)24-13(22)9-17(4,10-18)14(23)21-15-19-11-7-5-6-8-12(11)20-15/h5-8H,9H2,1-4H3,(H2,19,20,21,23)/t17-/m0/s1. The van der Waals surface area contributed by atoms with Gasteiger partial charge in [0.2, 0.25) is 11.9 Å². The number of nitrogens with one attached hydrogen (secondary N) is 2. The molecule has 0 fully saturated rings. The molecule has 0 aliphatic heterocycles. The number of nitrogens with zero attached hydrogens (tertiary/aromatic N) is 2. The van der Waals surface area contributed by atoms with Crippen molar-refractivity contribution in [3.8, 4) is 6.07 Å². The van der Waals surface area contributed by atoms with Crippen molar-refractivity contribution in [1.82, 2.24) is 9.97 Å². The van der Waals surface area contributed by atoms with Crippen LogP contribution in [0.15, 0.2) is 24.3 Å². The zero-order valence-corrected chi connectivity index (χ0v) is 14.1. The second kappa shape index (κ2) is 6.32. The summed E-state index contributed by atoms with van der Waals surface area (Å²) in [7, 11) is 0. The molecule has 0 radical (unpaired) electrons. The van der Waals surface area contributed by atoms with Crippen molar-refractivity contribution in [3.05, 3.63) is 24.3 Å². The van der Waals surface area contributed by atoms with Crippen LogP contribution in [-0.2, 0) is 14.3 Å². The molecule has 1 heterocycles. The topological polar surface area (TPSA) is 108 Å². The summed E-state index contributed by atoms with van der Waals surface area (Å²) in [6, 6.07) is 9.18. The monoisotopic (exact) mass is 328 g/mol. The molecular formula is C17H20N4O3. The highest BCUT2D eigenvalue weighted by Gasteiger charge is 2.38. The summed E-state index contributed by atoms with van der Waals surface area (Å²) in [6.45, 7) is 6.57. The molecule has 2 rings (SSSR count). The molecule has 126 valence electrons. The van der Waals surface area contributed by atoms with Crippen molar-refractivity contribution in [2.45, 2.75) is 39.7 Å². The van der Waals surface area contributed by atoms with Gasteiger partial charge >= 0.3 is 5.97 Å². The summed E-state index contributed by atoms with van der Waals surface area (Å²) >= 11 is 0. The molecule has 2 aromatic rings. The number of benzene rings is 1. The molecule has 0 saturated heterocycles. The number of amides is 1. The number of hydrogen-bond donors (Lipinski definition) is 2. The fraction of sp³-hybridized carbons (Fsp3) is 0.412. The highest BCUT2D eigenvalue weighted by molar-refractivity contribution is 5.99. The van der Waals surface area contributed by atoms with E-state index in [4.69, 9.17) is 4.74 Å². The Bertz CT molecular complexity index is 780. The maximum absolute atomic E-state index is 12.4. The van der Waals surface area contributed by atoms with Gasteiger partial charge in [0.15, 0.2) is 0 Å². The Morgan fingerprint density at radius 1 is 1.29 bits per heavy atom. The minimum absolute atomic E-state index is 0.229. The van der Waals surface area contributed by atoms with Crippen molar-refractivity contribution in [2.75, 3.05) is 5.32 Å². The van der Waals surface area contributed by atoms with Crippen LogP contribution in [0.25, 0.3) is 11.0 Å². The second-order valence-corrected chi connectivity index (χ2v) is 6.76. The van der Waals surface area contributed by atoms with Gasteiger partial charge in [-0.15, -0.1) is 0 Å². The van der Waals surface area contributed by atoms with Crippen LogP contribution in [0.3, 0.4) is 0 Å². The van der Waals surface area contributed by atoms with Gasteiger partial charge in [-0.2, -0.15) is 5.26 Å². The van der Waals surface area contributed by atoms with Gasteiger partial charge in [-0.3, -0.25) is 14.9 Å². The number of hydrogen-bond acceptors (Lipinski definition) is 5. The van der Waals surface area contributed by atoms with Crippen LogP contribution in [0.4, 0.5) is 5.95 Å². The number of aromatic nitrogens is 2. The van der Waals surface area contributed by atoms with Gasteiger partial charge in [0.05, 0.1) is 23.5 Å². The lowest BCUT2D eigenvalue weighted by Crippen LogP contribution is -2.36. The van der Waals surface area contributed by atoms with E-state index in [-0.39, 0.29) is 12.4 Å². The van der Waals surface area contributed by atoms with Crippen molar-refractivity contribution in [1.29, 1.82) is 5.26 Å². The number of para-hydroxylation sites is 2. The van der Waals surface area contributed by atoms with Crippen LogP contribution in [0.5, 0.6) is 0 Å². The average Bonchev–Trinajstić information content (AvgIpc) is 2.87. The fourth-order valence-corrected chi connectivity index (χ4v) is 2.09. The number of carbonyl (C=O) groups excluding carboxylic acids is 2. The van der Waals surface area contributed by atoms with E-state index in [9.17, 15) is 14.9 Å². The molecule has 0 spiro atoms. The van der Waals surface area contributed by atoms with Gasteiger partial charge in [-0.25, -0.2) is 4.98 Å². The Kier molecular flexibility index (Phi) is 4.60. The van der Waals surface area contributed by atoms with Crippen LogP contribution in [0.1, 0.15) is 34.1 Å². The SMILES string of the molecule is CC(C)(C)OC(=O)C[C@@](C)(C#N)C(=O)Nc1nc2ccccc2[nH]1. The highest BCUT2D eigenvalue weighted by atomic mass is 16.6. The summed E-state index contributed by atoms with van der Waals surface area (Å²) in [6.07, 6.45) is -0.340. The minimum atomic E-state index is -1.55. The van der Waals surface area contributed by atoms with Crippen LogP contribution in [0, 0.1) is 16.7 Å². The first-order chi connectivity index (χ1) is 11.1. The molecule has 1 aromatic heterocycles. The zero-order valence-electron chi connectivity index (χ0n) is 14.1. The van der Waals surface area contributed by atoms with Crippen LogP contribution < -0.4 is 5.32 Å². The third-order valence-electron chi connectivity index (χ3n) is 3.29. The van der Waals surface area contributed by atoms with E-state index >= 15 is 0 Å². The van der Waals surface area contributed by atoms with Crippen LogP contribution >= 0.6 is 0 Å². The van der Waals surface area contributed by atoms with E-state index in [0.717, 1.165) is 5.52 Å². The average molecular weight is 328 g/mol. The van der Waals surface area contributed by atoms with Crippen molar-refractivity contribution in [2.24, 2.45) is 5.41 Å². The van der Waals surface area contributed by atoms with Gasteiger partial charge in [0.25, 0.3) is 0 Å². The molecule has 0 unspecified atom stereocenters. The van der Waals surface area contributed by atoms with E-state index in [2.05, 4.69) is 15.3 Å². The number of ether oxygens (including phenoxy) is 1. The van der Waals surface area contributed by atoms with Crippen LogP contribution in [-0.4, -0.2) is 27.4 Å². The second-order valence-electron chi connectivity index (χ2n) is 6.76. The normalized spacial score (nSPS) is 13.8. The van der Waals surface area contributed by atoms with Gasteiger partial charge in [-0.1, -0.05) is 12.1 Å². The zero-order chi connectivity index (χ0) is 18.0. The van der Waals surface area contributed by atoms with E-state index < -0.39 is 22.9 Å². The molecular weight excluding hydrogens is 308 g/mol. The Labute approximate surface area is 140 Å². The number of anilines is 1. The maximum atomic E-state index is 12.4. The van der Waals surface area contributed by atoms with Crippen molar-refractivity contribution < 1.29 is 14.3 Å². The van der Waals surface area contributed by atoms with E-state index in [0.29, 0.717) is 5.52 Å². The number of nitriles is 1. The largest absolute Gasteiger partial charge is 0.460 e. The molecule has 0 bridgehead atoms. The first-order valence-corrected chi connectivity index (χ1v) is 7.52. The molecule has 24 heavy (non-hydrogen) atoms. The molecule has 0 aliphatic rings. The highest BCUT2D eigenvalue weighted by Crippen LogP contribution is 2.25. The molecule has 1 atom stereocenters. The van der Waals surface area contributed by atoms with Gasteiger partial charge < -0.3 is 9.72 Å². The third kappa shape index (κ3) is 4.10. The van der Waals surface area contributed by atoms with Crippen molar-refractivity contribution >= 4 is 28.9 Å². The first kappa shape index (κ1) is 17.5. The van der Waals surface area contributed by atoms with E-state index in [1.165, 1.54) is 6.92 Å². The maximum Gasteiger partial charge on any atom is 0.308 e. The first-order valence-electron chi connectivity index (χ1n) is 7.52. The summed E-state index contributed by atoms with van der Waals surface area (Å²) in [5.41, 5.74) is -0.776. The number of rotatable bonds is 4. The lowest BCUT2D eigenvalue weighted by atomic mass is 9.87. The predicted molar refractivity (Wildman–Crippen MR) is 88.9 cm³/mol. The number of fused-ring (bicyclic) bond motifs is 1. The van der Waals surface area contributed by atoms with E-state index in [1.54, 1.807) is 26.8 Å². The molecule has 0 saturated carbocycles. The van der Waals surface area contributed by atoms with E-state index in [1.807, 2.05) is 24.3 Å². The van der Waals surface area contributed by atoms with Crippen LogP contribution in [0.2, 0.25) is 0 Å². The fourth-order valence-electron chi connectivity index (χ4n) is 2.09. The number of carbonyl (C=O) groups is 2. The third-order valence-corrected chi connectivity index (χ3v) is 3.29. The van der Waals surface area contributed by atoms with Gasteiger partial charge in [0.1, 0.15) is 11.0 Å². The number of esters is 1. The summed E-state index contributed by atoms with van der Waals surface area (Å²) in [5, 5.41) is 11.9. The Morgan fingerprint density at radius 3 is 2.54 bits per heavy atom.